The third-order valence-electron chi connectivity index (χ3n) is 9.03. The van der Waals surface area contributed by atoms with Gasteiger partial charge in [0.1, 0.15) is 35.2 Å². The molecular weight excluding hydrogens is 569 g/mol. The molecule has 5 rings (SSSR count). The number of nitrogens with zero attached hydrogens (tertiary/aromatic N) is 1. The van der Waals surface area contributed by atoms with Gasteiger partial charge in [0.15, 0.2) is 0 Å². The minimum Gasteiger partial charge on any atom is -0.490 e. The smallest absolute Gasteiger partial charge is 0.490 e. The number of nitrogens with one attached hydrogen (secondary N) is 1. The Morgan fingerprint density at radius 2 is 1.64 bits per heavy atom. The van der Waals surface area contributed by atoms with Gasteiger partial charge in [0.05, 0.1) is 23.9 Å². The van der Waals surface area contributed by atoms with Crippen LogP contribution >= 0.6 is 0 Å². The zero-order chi connectivity index (χ0) is 31.9. The van der Waals surface area contributed by atoms with Crippen LogP contribution in [0, 0.1) is 11.6 Å². The van der Waals surface area contributed by atoms with E-state index in [2.05, 4.69) is 10.2 Å². The topological polar surface area (TPSA) is 78.5 Å². The van der Waals surface area contributed by atoms with Crippen molar-refractivity contribution in [2.75, 3.05) is 19.7 Å². The monoisotopic (exact) mass is 614 g/mol. The lowest BCUT2D eigenvalue weighted by molar-refractivity contribution is -0.0693. The average molecular weight is 615 g/mol. The van der Waals surface area contributed by atoms with Crippen LogP contribution in [0.15, 0.2) is 42.5 Å². The van der Waals surface area contributed by atoms with Crippen LogP contribution in [-0.4, -0.2) is 72.8 Å². The summed E-state index contributed by atoms with van der Waals surface area (Å²) in [5, 5.41) is 2.87. The number of likely N-dealkylation sites (tertiary alicyclic amines) is 1. The zero-order valence-corrected chi connectivity index (χ0v) is 26.8. The summed E-state index contributed by atoms with van der Waals surface area (Å²) in [5.41, 5.74) is -0.457. The Labute approximate surface area is 259 Å². The van der Waals surface area contributed by atoms with Crippen molar-refractivity contribution < 1.29 is 37.1 Å². The summed E-state index contributed by atoms with van der Waals surface area (Å²) in [6.45, 7) is 15.4. The van der Waals surface area contributed by atoms with E-state index in [1.54, 1.807) is 20.8 Å². The Bertz CT molecular complexity index is 1290. The van der Waals surface area contributed by atoms with Crippen LogP contribution in [0.25, 0.3) is 0 Å². The maximum Gasteiger partial charge on any atom is 0.494 e. The molecule has 3 aliphatic heterocycles. The average Bonchev–Trinajstić information content (AvgIpc) is 3.16. The van der Waals surface area contributed by atoms with Crippen molar-refractivity contribution in [3.63, 3.8) is 0 Å². The van der Waals surface area contributed by atoms with Crippen LogP contribution in [0.3, 0.4) is 0 Å². The van der Waals surface area contributed by atoms with Gasteiger partial charge in [-0.1, -0.05) is 12.1 Å². The number of benzene rings is 2. The van der Waals surface area contributed by atoms with Gasteiger partial charge in [0, 0.05) is 24.7 Å². The first-order valence-corrected chi connectivity index (χ1v) is 15.5. The second kappa shape index (κ2) is 12.6. The number of halogens is 2. The van der Waals surface area contributed by atoms with E-state index in [9.17, 15) is 13.6 Å². The Morgan fingerprint density at radius 3 is 2.25 bits per heavy atom. The van der Waals surface area contributed by atoms with Gasteiger partial charge >= 0.3 is 13.2 Å². The van der Waals surface area contributed by atoms with Crippen molar-refractivity contribution in [3.05, 3.63) is 59.7 Å². The number of hydrogen-bond donors (Lipinski definition) is 1. The Kier molecular flexibility index (Phi) is 9.34. The largest absolute Gasteiger partial charge is 0.494 e. The molecule has 3 saturated heterocycles. The molecule has 1 amide bonds. The quantitative estimate of drug-likeness (QED) is 0.429. The maximum absolute atomic E-state index is 14.7. The molecule has 0 aliphatic carbocycles. The van der Waals surface area contributed by atoms with Crippen LogP contribution in [0.5, 0.6) is 5.75 Å². The summed E-state index contributed by atoms with van der Waals surface area (Å²) < 4.78 is 59.0. The number of ether oxygens (including phenoxy) is 3. The first-order valence-electron chi connectivity index (χ1n) is 15.5. The van der Waals surface area contributed by atoms with Crippen molar-refractivity contribution in [2.24, 2.45) is 0 Å². The van der Waals surface area contributed by atoms with E-state index < -0.39 is 53.8 Å². The molecule has 3 atom stereocenters. The standard InChI is InChI=1S/C33H45BF2N2O6/c1-31(2,3)42-30(39)37-28-19-23(20-40-29(28)26-18-22(35)10-13-27(26)36)38-16-14-25(15-17-38)41-24-11-8-21(9-12-24)34-43-32(4,5)33(6,7)44-34/h8-13,18,23,25,28-29H,14-17,19-20H2,1-7H3,(H,37,39)/t23?,28-,29+/m0/s1. The Hall–Kier alpha value is -2.73. The number of piperidine rings is 1. The molecule has 1 unspecified atom stereocenters. The van der Waals surface area contributed by atoms with Gasteiger partial charge in [0.25, 0.3) is 0 Å². The van der Waals surface area contributed by atoms with Crippen molar-refractivity contribution in [3.8, 4) is 5.75 Å². The molecule has 0 radical (unpaired) electrons. The van der Waals surface area contributed by atoms with E-state index in [0.29, 0.717) is 13.0 Å². The van der Waals surface area contributed by atoms with Gasteiger partial charge < -0.3 is 28.8 Å². The maximum atomic E-state index is 14.7. The van der Waals surface area contributed by atoms with Gasteiger partial charge in [-0.05, 0) is 104 Å². The molecule has 1 N–H and O–H groups in total. The highest BCUT2D eigenvalue weighted by molar-refractivity contribution is 6.62. The first kappa shape index (κ1) is 32.7. The molecular formula is C33H45BF2N2O6. The molecule has 0 bridgehead atoms. The summed E-state index contributed by atoms with van der Waals surface area (Å²) in [7, 11) is -0.416. The molecule has 3 fully saturated rings. The highest BCUT2D eigenvalue weighted by atomic mass is 19.1. The van der Waals surface area contributed by atoms with Crippen molar-refractivity contribution >= 4 is 18.7 Å². The lowest BCUT2D eigenvalue weighted by Gasteiger charge is -2.44. The number of amides is 1. The fourth-order valence-corrected chi connectivity index (χ4v) is 5.94. The normalized spacial score (nSPS) is 25.9. The molecule has 3 heterocycles. The SMILES string of the molecule is CC(C)(C)OC(=O)N[C@H]1CC(N2CCC(Oc3ccc(B4OC(C)(C)C(C)(C)O4)cc3)CC2)CO[C@@H]1c1cc(F)ccc1F. The zero-order valence-electron chi connectivity index (χ0n) is 26.8. The second-order valence-corrected chi connectivity index (χ2v) is 14.1. The minimum atomic E-state index is -0.838. The van der Waals surface area contributed by atoms with Crippen molar-refractivity contribution in [1.29, 1.82) is 0 Å². The van der Waals surface area contributed by atoms with E-state index in [1.807, 2.05) is 52.0 Å². The van der Waals surface area contributed by atoms with E-state index >= 15 is 0 Å². The summed E-state index contributed by atoms with van der Waals surface area (Å²) in [6.07, 6.45) is 0.749. The number of rotatable bonds is 6. The number of hydrogen-bond acceptors (Lipinski definition) is 7. The number of alkyl carbamates (subject to hydrolysis) is 1. The van der Waals surface area contributed by atoms with Crippen LogP contribution in [-0.2, 0) is 18.8 Å². The molecule has 0 aromatic heterocycles. The van der Waals surface area contributed by atoms with Gasteiger partial charge in [-0.25, -0.2) is 13.6 Å². The molecule has 0 spiro atoms. The molecule has 8 nitrogen and oxygen atoms in total. The summed E-state index contributed by atoms with van der Waals surface area (Å²) >= 11 is 0. The summed E-state index contributed by atoms with van der Waals surface area (Å²) in [5.74, 6) is -0.341. The molecule has 3 aliphatic rings. The fourth-order valence-electron chi connectivity index (χ4n) is 5.94. The summed E-state index contributed by atoms with van der Waals surface area (Å²) in [4.78, 5) is 15.0. The van der Waals surface area contributed by atoms with Gasteiger partial charge in [-0.15, -0.1) is 0 Å². The van der Waals surface area contributed by atoms with Gasteiger partial charge in [0.2, 0.25) is 0 Å². The van der Waals surface area contributed by atoms with Gasteiger partial charge in [-0.2, -0.15) is 0 Å². The van der Waals surface area contributed by atoms with Crippen LogP contribution in [0.1, 0.15) is 79.4 Å². The fraction of sp³-hybridized carbons (Fsp3) is 0.606. The molecule has 0 saturated carbocycles. The minimum absolute atomic E-state index is 0.0112. The Morgan fingerprint density at radius 1 is 1.00 bits per heavy atom. The van der Waals surface area contributed by atoms with Crippen LogP contribution < -0.4 is 15.5 Å². The van der Waals surface area contributed by atoms with E-state index in [0.717, 1.165) is 55.3 Å². The van der Waals surface area contributed by atoms with Crippen LogP contribution in [0.4, 0.5) is 13.6 Å². The molecule has 11 heteroatoms. The molecule has 2 aromatic carbocycles. The van der Waals surface area contributed by atoms with Crippen LogP contribution in [0.2, 0.25) is 0 Å². The third kappa shape index (κ3) is 7.55. The lowest BCUT2D eigenvalue weighted by Crippen LogP contribution is -2.54. The highest BCUT2D eigenvalue weighted by Crippen LogP contribution is 2.37. The third-order valence-corrected chi connectivity index (χ3v) is 9.03. The van der Waals surface area contributed by atoms with E-state index in [1.165, 1.54) is 0 Å². The molecule has 44 heavy (non-hydrogen) atoms. The summed E-state index contributed by atoms with van der Waals surface area (Å²) in [6, 6.07) is 10.6. The highest BCUT2D eigenvalue weighted by Gasteiger charge is 2.51. The first-order chi connectivity index (χ1) is 20.6. The predicted molar refractivity (Wildman–Crippen MR) is 164 cm³/mol. The van der Waals surface area contributed by atoms with Crippen molar-refractivity contribution in [2.45, 2.75) is 109 Å². The number of carbonyl (C=O) groups is 1. The van der Waals surface area contributed by atoms with E-state index in [4.69, 9.17) is 23.5 Å². The lowest BCUT2D eigenvalue weighted by atomic mass is 9.79. The van der Waals surface area contributed by atoms with E-state index in [-0.39, 0.29) is 17.7 Å². The predicted octanol–water partition coefficient (Wildman–Crippen LogP) is 5.53. The van der Waals surface area contributed by atoms with Gasteiger partial charge in [-0.3, -0.25) is 4.90 Å². The Balaban J connectivity index is 1.17. The second-order valence-electron chi connectivity index (χ2n) is 14.1. The number of carbonyl (C=O) groups excluding carboxylic acids is 1. The molecule has 2 aromatic rings. The van der Waals surface area contributed by atoms with Crippen molar-refractivity contribution in [1.82, 2.24) is 10.2 Å². The molecule has 240 valence electrons.